The van der Waals surface area contributed by atoms with Gasteiger partial charge in [0.15, 0.2) is 11.2 Å². The van der Waals surface area contributed by atoms with Gasteiger partial charge in [-0.15, -0.1) is 13.2 Å². The third-order valence-electron chi connectivity index (χ3n) is 3.15. The summed E-state index contributed by atoms with van der Waals surface area (Å²) in [6.07, 6.45) is 3.50. The highest BCUT2D eigenvalue weighted by Crippen LogP contribution is 2.37. The molecule has 0 bridgehead atoms. The summed E-state index contributed by atoms with van der Waals surface area (Å²) in [6, 6.07) is 6.84. The molecule has 0 saturated heterocycles. The molecule has 1 aromatic carbocycles. The number of anilines is 1. The summed E-state index contributed by atoms with van der Waals surface area (Å²) < 4.78 is 5.33. The van der Waals surface area contributed by atoms with Crippen molar-refractivity contribution in [1.29, 1.82) is 0 Å². The van der Waals surface area contributed by atoms with Crippen LogP contribution in [0.1, 0.15) is 12.8 Å². The summed E-state index contributed by atoms with van der Waals surface area (Å²) in [5.41, 5.74) is -0.793. The Morgan fingerprint density at radius 3 is 2.42 bits per heavy atom. The molecular formula is C15H15NO3. The van der Waals surface area contributed by atoms with Gasteiger partial charge in [-0.25, -0.2) is 0 Å². The average Bonchev–Trinajstić information content (AvgIpc) is 2.48. The second-order valence-electron chi connectivity index (χ2n) is 4.41. The molecule has 19 heavy (non-hydrogen) atoms. The molecule has 1 heterocycles. The van der Waals surface area contributed by atoms with Gasteiger partial charge in [0.05, 0.1) is 5.69 Å². The van der Waals surface area contributed by atoms with Crippen LogP contribution in [0.4, 0.5) is 5.69 Å². The third-order valence-corrected chi connectivity index (χ3v) is 3.15. The third kappa shape index (κ3) is 2.17. The van der Waals surface area contributed by atoms with Gasteiger partial charge in [0.2, 0.25) is 5.91 Å². The number of para-hydroxylation sites is 2. The van der Waals surface area contributed by atoms with Gasteiger partial charge in [0, 0.05) is 0 Å². The van der Waals surface area contributed by atoms with Crippen molar-refractivity contribution >= 4 is 17.6 Å². The Kier molecular flexibility index (Phi) is 3.51. The molecule has 4 heteroatoms. The zero-order valence-electron chi connectivity index (χ0n) is 10.5. The molecule has 0 atom stereocenters. The van der Waals surface area contributed by atoms with Crippen LogP contribution in [0.25, 0.3) is 0 Å². The van der Waals surface area contributed by atoms with Crippen LogP contribution in [0, 0.1) is 5.41 Å². The zero-order valence-corrected chi connectivity index (χ0v) is 10.5. The number of fused-ring (bicyclic) bond motifs is 1. The first-order chi connectivity index (χ1) is 9.14. The van der Waals surface area contributed by atoms with E-state index in [4.69, 9.17) is 4.74 Å². The Labute approximate surface area is 111 Å². The minimum absolute atomic E-state index is 0.206. The summed E-state index contributed by atoms with van der Waals surface area (Å²) in [5, 5.41) is 2.73. The van der Waals surface area contributed by atoms with Gasteiger partial charge in [-0.2, -0.15) is 0 Å². The molecule has 4 nitrogen and oxygen atoms in total. The number of hydrogen-bond acceptors (Lipinski definition) is 3. The number of hydrogen-bond donors (Lipinski definition) is 1. The van der Waals surface area contributed by atoms with Crippen molar-refractivity contribution < 1.29 is 14.3 Å². The Bertz CT molecular complexity index is 499. The monoisotopic (exact) mass is 257 g/mol. The lowest BCUT2D eigenvalue weighted by Crippen LogP contribution is -2.43. The molecule has 0 unspecified atom stereocenters. The fraction of sp³-hybridized carbons (Fsp3) is 0.200. The molecule has 1 aliphatic heterocycles. The van der Waals surface area contributed by atoms with Crippen molar-refractivity contribution in [3.05, 3.63) is 49.6 Å². The molecule has 0 saturated carbocycles. The van der Waals surface area contributed by atoms with E-state index in [9.17, 15) is 9.59 Å². The maximum atomic E-state index is 12.4. The lowest BCUT2D eigenvalue weighted by Gasteiger charge is -2.24. The maximum absolute atomic E-state index is 12.4. The first kappa shape index (κ1) is 13.1. The van der Waals surface area contributed by atoms with E-state index in [-0.39, 0.29) is 18.7 Å². The molecule has 0 aliphatic carbocycles. The van der Waals surface area contributed by atoms with Crippen molar-refractivity contribution in [1.82, 2.24) is 0 Å². The Morgan fingerprint density at radius 1 is 1.16 bits per heavy atom. The molecule has 98 valence electrons. The number of carbonyl (C=O) groups is 2. The molecule has 0 fully saturated rings. The lowest BCUT2D eigenvalue weighted by atomic mass is 9.80. The van der Waals surface area contributed by atoms with E-state index in [0.717, 1.165) is 0 Å². The highest BCUT2D eigenvalue weighted by atomic mass is 16.5. The molecule has 1 aliphatic rings. The average molecular weight is 257 g/mol. The van der Waals surface area contributed by atoms with Gasteiger partial charge in [0.1, 0.15) is 0 Å². The van der Waals surface area contributed by atoms with Gasteiger partial charge in [-0.05, 0) is 25.0 Å². The van der Waals surface area contributed by atoms with E-state index in [1.54, 1.807) is 36.4 Å². The molecule has 0 aromatic heterocycles. The van der Waals surface area contributed by atoms with Crippen molar-refractivity contribution in [2.45, 2.75) is 12.8 Å². The van der Waals surface area contributed by atoms with Crippen molar-refractivity contribution in [3.63, 3.8) is 0 Å². The van der Waals surface area contributed by atoms with Gasteiger partial charge < -0.3 is 10.1 Å². The topological polar surface area (TPSA) is 55.4 Å². The van der Waals surface area contributed by atoms with Gasteiger partial charge >= 0.3 is 5.97 Å². The Morgan fingerprint density at radius 2 is 1.79 bits per heavy atom. The number of carbonyl (C=O) groups excluding carboxylic acids is 2. The van der Waals surface area contributed by atoms with Crippen LogP contribution in [0.15, 0.2) is 49.6 Å². The number of esters is 1. The number of amides is 1. The maximum Gasteiger partial charge on any atom is 0.327 e. The Hall–Kier alpha value is -2.36. The van der Waals surface area contributed by atoms with Gasteiger partial charge in [-0.1, -0.05) is 24.3 Å². The van der Waals surface area contributed by atoms with Crippen molar-refractivity contribution in [3.8, 4) is 5.75 Å². The van der Waals surface area contributed by atoms with Crippen LogP contribution >= 0.6 is 0 Å². The first-order valence-corrected chi connectivity index (χ1v) is 5.98. The molecule has 1 amide bonds. The van der Waals surface area contributed by atoms with E-state index in [0.29, 0.717) is 11.4 Å². The largest absolute Gasteiger partial charge is 0.423 e. The van der Waals surface area contributed by atoms with Crippen molar-refractivity contribution in [2.75, 3.05) is 5.32 Å². The summed E-state index contributed by atoms with van der Waals surface area (Å²) in [6.45, 7) is 7.22. The normalized spacial score (nSPS) is 16.6. The quantitative estimate of drug-likeness (QED) is 0.390. The minimum Gasteiger partial charge on any atom is -0.423 e. The lowest BCUT2D eigenvalue weighted by molar-refractivity contribution is -0.150. The number of benzene rings is 1. The summed E-state index contributed by atoms with van der Waals surface area (Å²) >= 11 is 0. The van der Waals surface area contributed by atoms with Crippen LogP contribution in [0.2, 0.25) is 0 Å². The number of rotatable bonds is 4. The number of nitrogens with one attached hydrogen (secondary N) is 1. The van der Waals surface area contributed by atoms with Gasteiger partial charge in [-0.3, -0.25) is 9.59 Å². The predicted octanol–water partition coefficient (Wildman–Crippen LogP) is 2.68. The minimum atomic E-state index is -1.29. The molecule has 2 rings (SSSR count). The second kappa shape index (κ2) is 5.10. The Balaban J connectivity index is 2.48. The molecular weight excluding hydrogens is 242 g/mol. The highest BCUT2D eigenvalue weighted by molar-refractivity contribution is 6.12. The highest BCUT2D eigenvalue weighted by Gasteiger charge is 2.47. The van der Waals surface area contributed by atoms with Crippen LogP contribution in [0.3, 0.4) is 0 Å². The molecule has 1 aromatic rings. The fourth-order valence-electron chi connectivity index (χ4n) is 2.12. The van der Waals surface area contributed by atoms with E-state index < -0.39 is 11.4 Å². The van der Waals surface area contributed by atoms with Crippen LogP contribution in [0.5, 0.6) is 5.75 Å². The summed E-state index contributed by atoms with van der Waals surface area (Å²) in [4.78, 5) is 24.7. The van der Waals surface area contributed by atoms with E-state index in [1.165, 1.54) is 0 Å². The second-order valence-corrected chi connectivity index (χ2v) is 4.41. The first-order valence-electron chi connectivity index (χ1n) is 5.98. The fourth-order valence-corrected chi connectivity index (χ4v) is 2.12. The molecule has 1 N–H and O–H groups in total. The van der Waals surface area contributed by atoms with E-state index in [1.807, 2.05) is 0 Å². The van der Waals surface area contributed by atoms with Crippen LogP contribution in [-0.4, -0.2) is 11.9 Å². The molecule has 0 spiro atoms. The smallest absolute Gasteiger partial charge is 0.327 e. The molecule has 0 radical (unpaired) electrons. The van der Waals surface area contributed by atoms with E-state index in [2.05, 4.69) is 18.5 Å². The SMILES string of the molecule is C=CCC1(CC=C)C(=O)Nc2ccccc2OC1=O. The van der Waals surface area contributed by atoms with Crippen molar-refractivity contribution in [2.24, 2.45) is 5.41 Å². The van der Waals surface area contributed by atoms with Crippen LogP contribution < -0.4 is 10.1 Å². The summed E-state index contributed by atoms with van der Waals surface area (Å²) in [7, 11) is 0. The van der Waals surface area contributed by atoms with Gasteiger partial charge in [0.25, 0.3) is 0 Å². The summed E-state index contributed by atoms with van der Waals surface area (Å²) in [5.74, 6) is -0.604. The standard InChI is InChI=1S/C15H15NO3/c1-3-9-15(10-4-2)13(17)16-11-7-5-6-8-12(11)19-14(15)18/h3-8H,1-2,9-10H2,(H,16,17). The van der Waals surface area contributed by atoms with Crippen LogP contribution in [-0.2, 0) is 9.59 Å². The van der Waals surface area contributed by atoms with E-state index >= 15 is 0 Å². The zero-order chi connectivity index (χ0) is 13.9. The predicted molar refractivity (Wildman–Crippen MR) is 72.8 cm³/mol. The number of allylic oxidation sites excluding steroid dienone is 2. The number of ether oxygens (including phenoxy) is 1.